The van der Waals surface area contributed by atoms with Crippen molar-refractivity contribution in [3.63, 3.8) is 0 Å². The molecule has 4 N–H and O–H groups in total. The zero-order valence-electron chi connectivity index (χ0n) is 7.95. The van der Waals surface area contributed by atoms with Gasteiger partial charge in [0, 0.05) is 6.54 Å². The van der Waals surface area contributed by atoms with Crippen molar-refractivity contribution in [1.29, 1.82) is 0 Å². The first-order valence-electron chi connectivity index (χ1n) is 4.09. The molecule has 1 aromatic rings. The molecule has 0 heterocycles. The molecule has 0 amide bonds. The third kappa shape index (κ3) is 2.71. The first-order valence-corrected chi connectivity index (χ1v) is 5.64. The summed E-state index contributed by atoms with van der Waals surface area (Å²) in [5, 5.41) is 4.69. The molecule has 1 aromatic carbocycles. The molecule has 8 heteroatoms. The quantitative estimate of drug-likeness (QED) is 0.818. The Kier molecular flexibility index (Phi) is 3.27. The zero-order chi connectivity index (χ0) is 12.6. The summed E-state index contributed by atoms with van der Waals surface area (Å²) in [5.41, 5.74) is 4.06. The van der Waals surface area contributed by atoms with E-state index in [9.17, 15) is 21.6 Å². The van der Waals surface area contributed by atoms with E-state index in [1.165, 1.54) is 6.07 Å². The second-order valence-corrected chi connectivity index (χ2v) is 4.61. The molecule has 4 nitrogen and oxygen atoms in total. The molecule has 1 rings (SSSR count). The molecule has 0 aliphatic rings. The fourth-order valence-electron chi connectivity index (χ4n) is 1.17. The van der Waals surface area contributed by atoms with Gasteiger partial charge in [-0.15, -0.1) is 0 Å². The van der Waals surface area contributed by atoms with E-state index in [1.54, 1.807) is 0 Å². The SMILES string of the molecule is NCc1ccc(S(N)(=O)=O)c(C(F)(F)F)c1. The van der Waals surface area contributed by atoms with Crippen molar-refractivity contribution in [2.45, 2.75) is 17.6 Å². The Morgan fingerprint density at radius 2 is 1.81 bits per heavy atom. The standard InChI is InChI=1S/C8H9F3N2O2S/c9-8(10,11)6-3-5(4-12)1-2-7(6)16(13,14)15/h1-3H,4,12H2,(H2,13,14,15). The average molecular weight is 254 g/mol. The van der Waals surface area contributed by atoms with Crippen LogP contribution in [-0.4, -0.2) is 8.42 Å². The maximum atomic E-state index is 12.5. The molecule has 0 saturated carbocycles. The molecule has 0 saturated heterocycles. The third-order valence-electron chi connectivity index (χ3n) is 1.89. The van der Waals surface area contributed by atoms with Gasteiger partial charge in [0.25, 0.3) is 0 Å². The molecule has 0 spiro atoms. The predicted molar refractivity (Wildman–Crippen MR) is 50.7 cm³/mol. The first-order chi connectivity index (χ1) is 7.16. The summed E-state index contributed by atoms with van der Waals surface area (Å²) < 4.78 is 59.5. The van der Waals surface area contributed by atoms with E-state index in [1.807, 2.05) is 0 Å². The third-order valence-corrected chi connectivity index (χ3v) is 2.86. The van der Waals surface area contributed by atoms with E-state index >= 15 is 0 Å². The molecule has 0 atom stereocenters. The van der Waals surface area contributed by atoms with Crippen LogP contribution in [-0.2, 0) is 22.7 Å². The lowest BCUT2D eigenvalue weighted by Gasteiger charge is -2.12. The monoisotopic (exact) mass is 254 g/mol. The van der Waals surface area contributed by atoms with Gasteiger partial charge >= 0.3 is 6.18 Å². The van der Waals surface area contributed by atoms with E-state index in [4.69, 9.17) is 5.73 Å². The normalized spacial score (nSPS) is 12.8. The van der Waals surface area contributed by atoms with Gasteiger partial charge in [0.1, 0.15) is 0 Å². The van der Waals surface area contributed by atoms with Gasteiger partial charge in [0.2, 0.25) is 10.0 Å². The van der Waals surface area contributed by atoms with Crippen LogP contribution in [0.5, 0.6) is 0 Å². The van der Waals surface area contributed by atoms with Gasteiger partial charge in [-0.1, -0.05) is 6.07 Å². The minimum atomic E-state index is -4.78. The van der Waals surface area contributed by atoms with E-state index < -0.39 is 26.7 Å². The topological polar surface area (TPSA) is 86.2 Å². The van der Waals surface area contributed by atoms with Crippen LogP contribution >= 0.6 is 0 Å². The highest BCUT2D eigenvalue weighted by Crippen LogP contribution is 2.34. The summed E-state index contributed by atoms with van der Waals surface area (Å²) in [6, 6.07) is 2.68. The fourth-order valence-corrected chi connectivity index (χ4v) is 1.91. The minimum absolute atomic E-state index is 0.117. The molecule has 0 aromatic heterocycles. The van der Waals surface area contributed by atoms with E-state index in [-0.39, 0.29) is 12.1 Å². The Labute approximate surface area is 90.1 Å². The summed E-state index contributed by atoms with van der Waals surface area (Å²) in [6.07, 6.45) is -4.78. The zero-order valence-corrected chi connectivity index (χ0v) is 8.77. The number of halogens is 3. The summed E-state index contributed by atoms with van der Waals surface area (Å²) in [6.45, 7) is -0.117. The van der Waals surface area contributed by atoms with Crippen molar-refractivity contribution in [2.75, 3.05) is 0 Å². The predicted octanol–water partition coefficient (Wildman–Crippen LogP) is 0.812. The highest BCUT2D eigenvalue weighted by molar-refractivity contribution is 7.89. The fraction of sp³-hybridized carbons (Fsp3) is 0.250. The lowest BCUT2D eigenvalue weighted by molar-refractivity contribution is -0.139. The van der Waals surface area contributed by atoms with Crippen LogP contribution < -0.4 is 10.9 Å². The van der Waals surface area contributed by atoms with Gasteiger partial charge in [0.15, 0.2) is 0 Å². The van der Waals surface area contributed by atoms with Crippen molar-refractivity contribution in [3.05, 3.63) is 29.3 Å². The maximum Gasteiger partial charge on any atom is 0.417 e. The van der Waals surface area contributed by atoms with Crippen LogP contribution in [0.1, 0.15) is 11.1 Å². The molecule has 0 fully saturated rings. The van der Waals surface area contributed by atoms with E-state index in [0.29, 0.717) is 6.07 Å². The summed E-state index contributed by atoms with van der Waals surface area (Å²) in [7, 11) is -4.40. The molecular formula is C8H9F3N2O2S. The number of hydrogen-bond acceptors (Lipinski definition) is 3. The van der Waals surface area contributed by atoms with Crippen molar-refractivity contribution in [1.82, 2.24) is 0 Å². The first kappa shape index (κ1) is 12.9. The Morgan fingerprint density at radius 1 is 1.25 bits per heavy atom. The molecule has 0 aliphatic heterocycles. The largest absolute Gasteiger partial charge is 0.417 e. The van der Waals surface area contributed by atoms with Gasteiger partial charge in [-0.25, -0.2) is 13.6 Å². The molecule has 0 radical (unpaired) electrons. The lowest BCUT2D eigenvalue weighted by Crippen LogP contribution is -2.19. The van der Waals surface area contributed by atoms with Gasteiger partial charge in [-0.2, -0.15) is 13.2 Å². The van der Waals surface area contributed by atoms with Crippen LogP contribution in [0.15, 0.2) is 23.1 Å². The number of nitrogens with two attached hydrogens (primary N) is 2. The summed E-state index contributed by atoms with van der Waals surface area (Å²) in [5.74, 6) is 0. The second kappa shape index (κ2) is 4.04. The summed E-state index contributed by atoms with van der Waals surface area (Å²) in [4.78, 5) is -0.947. The Morgan fingerprint density at radius 3 is 2.19 bits per heavy atom. The highest BCUT2D eigenvalue weighted by Gasteiger charge is 2.36. The second-order valence-electron chi connectivity index (χ2n) is 3.08. The smallest absolute Gasteiger partial charge is 0.326 e. The number of primary sulfonamides is 1. The summed E-state index contributed by atoms with van der Waals surface area (Å²) >= 11 is 0. The minimum Gasteiger partial charge on any atom is -0.326 e. The van der Waals surface area contributed by atoms with Crippen molar-refractivity contribution in [3.8, 4) is 0 Å². The van der Waals surface area contributed by atoms with Gasteiger partial charge in [0.05, 0.1) is 10.5 Å². The molecule has 0 unspecified atom stereocenters. The Bertz CT molecular complexity index is 496. The van der Waals surface area contributed by atoms with Gasteiger partial charge in [-0.3, -0.25) is 0 Å². The molecule has 90 valence electrons. The van der Waals surface area contributed by atoms with Crippen LogP contribution in [0.2, 0.25) is 0 Å². The van der Waals surface area contributed by atoms with Crippen LogP contribution in [0, 0.1) is 0 Å². The number of sulfonamides is 1. The van der Waals surface area contributed by atoms with E-state index in [2.05, 4.69) is 5.14 Å². The molecular weight excluding hydrogens is 245 g/mol. The van der Waals surface area contributed by atoms with Crippen molar-refractivity contribution < 1.29 is 21.6 Å². The van der Waals surface area contributed by atoms with Crippen LogP contribution in [0.4, 0.5) is 13.2 Å². The maximum absolute atomic E-state index is 12.5. The van der Waals surface area contributed by atoms with Crippen molar-refractivity contribution in [2.24, 2.45) is 10.9 Å². The number of hydrogen-bond donors (Lipinski definition) is 2. The molecule has 0 bridgehead atoms. The van der Waals surface area contributed by atoms with Gasteiger partial charge in [-0.05, 0) is 17.7 Å². The number of alkyl halides is 3. The lowest BCUT2D eigenvalue weighted by atomic mass is 10.1. The molecule has 0 aliphatic carbocycles. The van der Waals surface area contributed by atoms with E-state index in [0.717, 1.165) is 6.07 Å². The Hall–Kier alpha value is -1.12. The number of benzene rings is 1. The van der Waals surface area contributed by atoms with Crippen LogP contribution in [0.3, 0.4) is 0 Å². The van der Waals surface area contributed by atoms with Crippen LogP contribution in [0.25, 0.3) is 0 Å². The number of rotatable bonds is 2. The average Bonchev–Trinajstić information content (AvgIpc) is 2.14. The van der Waals surface area contributed by atoms with Gasteiger partial charge < -0.3 is 5.73 Å². The van der Waals surface area contributed by atoms with Crippen molar-refractivity contribution >= 4 is 10.0 Å². The highest BCUT2D eigenvalue weighted by atomic mass is 32.2. The molecule has 16 heavy (non-hydrogen) atoms. The Balaban J connectivity index is 3.52.